The number of aryl methyl sites for hydroxylation is 3. The van der Waals surface area contributed by atoms with Gasteiger partial charge in [0.05, 0.1) is 0 Å². The molecular formula is C27H28Cl2N2O2Ru. The molecule has 0 unspecified atom stereocenters. The second kappa shape index (κ2) is 12.5. The molecule has 4 rings (SSSR count). The van der Waals surface area contributed by atoms with Crippen LogP contribution >= 0.6 is 19.4 Å². The van der Waals surface area contributed by atoms with Gasteiger partial charge in [0.1, 0.15) is 0 Å². The number of non-ortho nitro benzene ring substituents is 1. The van der Waals surface area contributed by atoms with Gasteiger partial charge in [-0.1, -0.05) is 24.1 Å². The van der Waals surface area contributed by atoms with Crippen molar-refractivity contribution < 1.29 is 18.4 Å². The Balaban J connectivity index is 0.000000202. The van der Waals surface area contributed by atoms with E-state index in [1.165, 1.54) is 53.9 Å². The Bertz CT molecular complexity index is 1150. The zero-order valence-corrected chi connectivity index (χ0v) is 22.7. The third-order valence-electron chi connectivity index (χ3n) is 5.48. The van der Waals surface area contributed by atoms with E-state index in [2.05, 4.69) is 44.3 Å². The first kappa shape index (κ1) is 26.4. The zero-order valence-electron chi connectivity index (χ0n) is 19.4. The fourth-order valence-corrected chi connectivity index (χ4v) is 5.97. The quantitative estimate of drug-likeness (QED) is 0.134. The van der Waals surface area contributed by atoms with Crippen LogP contribution in [-0.2, 0) is 13.5 Å². The zero-order chi connectivity index (χ0) is 24.7. The van der Waals surface area contributed by atoms with E-state index in [9.17, 15) is 10.1 Å². The summed E-state index contributed by atoms with van der Waals surface area (Å²) < 4.78 is 1.88. The van der Waals surface area contributed by atoms with E-state index >= 15 is 0 Å². The van der Waals surface area contributed by atoms with Crippen molar-refractivity contribution in [1.82, 2.24) is 0 Å². The minimum atomic E-state index is -1.88. The summed E-state index contributed by atoms with van der Waals surface area (Å²) in [6, 6.07) is 18.7. The first-order chi connectivity index (χ1) is 16.2. The normalized spacial score (nSPS) is 13.1. The van der Waals surface area contributed by atoms with Crippen LogP contribution in [0.25, 0.3) is 0 Å². The van der Waals surface area contributed by atoms with E-state index in [1.807, 2.05) is 35.3 Å². The Morgan fingerprint density at radius 3 is 2.26 bits per heavy atom. The van der Waals surface area contributed by atoms with E-state index in [4.69, 9.17) is 19.4 Å². The monoisotopic (exact) mass is 584 g/mol. The predicted molar refractivity (Wildman–Crippen MR) is 140 cm³/mol. The van der Waals surface area contributed by atoms with E-state index < -0.39 is 18.4 Å². The average molecular weight is 585 g/mol. The Morgan fingerprint density at radius 1 is 1.06 bits per heavy atom. The van der Waals surface area contributed by atoms with Gasteiger partial charge < -0.3 is 4.90 Å². The number of anilines is 1. The molecule has 0 spiro atoms. The summed E-state index contributed by atoms with van der Waals surface area (Å²) in [5.74, 6) is 0. The molecule has 3 aromatic rings. The fraction of sp³-hybridized carbons (Fsp3) is 0.222. The van der Waals surface area contributed by atoms with Crippen molar-refractivity contribution in [3.05, 3.63) is 117 Å². The maximum atomic E-state index is 10.6. The second-order valence-electron chi connectivity index (χ2n) is 8.19. The van der Waals surface area contributed by atoms with Crippen LogP contribution in [-0.4, -0.2) is 16.1 Å². The predicted octanol–water partition coefficient (Wildman–Crippen LogP) is 7.65. The summed E-state index contributed by atoms with van der Waals surface area (Å²) >= 11 is -1.88. The van der Waals surface area contributed by atoms with Crippen LogP contribution in [0.4, 0.5) is 11.4 Å². The molecule has 0 radical (unpaired) electrons. The van der Waals surface area contributed by atoms with Crippen molar-refractivity contribution >= 4 is 35.4 Å². The summed E-state index contributed by atoms with van der Waals surface area (Å²) in [4.78, 5) is 12.6. The number of benzene rings is 3. The standard InChI is InChI=1S/C14H10NO2.C13H18N.2ClH.Ru/c1-11-4-2-3-5-13(11)10-12-6-8-14(9-7-12)15(16)17;1-10-8-11(2)13(12(3)9-10)14-6-4-5-7-14;;;/h1-10H;6,8-9H,4-5,7H2,1-3H3;2*1H;/q+1;-1;;;+2/p-2. The molecule has 0 saturated carbocycles. The fourth-order valence-electron chi connectivity index (χ4n) is 4.12. The maximum absolute atomic E-state index is 10.6. The first-order valence-electron chi connectivity index (χ1n) is 10.9. The Morgan fingerprint density at radius 2 is 1.71 bits per heavy atom. The number of halogens is 2. The first-order valence-corrected chi connectivity index (χ1v) is 16.4. The molecular weight excluding hydrogens is 556 g/mol. The Kier molecular flexibility index (Phi) is 9.70. The molecule has 0 amide bonds. The summed E-state index contributed by atoms with van der Waals surface area (Å²) in [6.45, 7) is 10.1. The van der Waals surface area contributed by atoms with Crippen molar-refractivity contribution in [2.75, 3.05) is 11.4 Å². The summed E-state index contributed by atoms with van der Waals surface area (Å²) in [7, 11) is 11.8. The van der Waals surface area contributed by atoms with Crippen LogP contribution in [0.1, 0.15) is 46.2 Å². The van der Waals surface area contributed by atoms with Crippen LogP contribution in [0.5, 0.6) is 0 Å². The van der Waals surface area contributed by atoms with Crippen LogP contribution < -0.4 is 4.90 Å². The molecule has 0 aliphatic carbocycles. The Hall–Kier alpha value is -2.20. The number of hydrogen-bond donors (Lipinski definition) is 0. The second-order valence-corrected chi connectivity index (χ2v) is 13.9. The topological polar surface area (TPSA) is 46.4 Å². The van der Waals surface area contributed by atoms with Crippen molar-refractivity contribution in [1.29, 1.82) is 0 Å². The van der Waals surface area contributed by atoms with Crippen molar-refractivity contribution in [2.45, 2.75) is 33.6 Å². The van der Waals surface area contributed by atoms with E-state index in [0.717, 1.165) is 16.7 Å². The van der Waals surface area contributed by atoms with Crippen molar-refractivity contribution in [3.8, 4) is 0 Å². The molecule has 0 aromatic heterocycles. The van der Waals surface area contributed by atoms with Gasteiger partial charge in [0, 0.05) is 5.69 Å². The number of nitro groups is 1. The number of nitrogens with zero attached hydrogens (tertiary/aromatic N) is 2. The van der Waals surface area contributed by atoms with Crippen LogP contribution in [0.3, 0.4) is 0 Å². The third-order valence-corrected chi connectivity index (χ3v) is 7.32. The molecule has 1 fully saturated rings. The van der Waals surface area contributed by atoms with Gasteiger partial charge >= 0.3 is 130 Å². The third kappa shape index (κ3) is 7.40. The molecule has 1 saturated heterocycles. The van der Waals surface area contributed by atoms with Crippen molar-refractivity contribution in [3.63, 3.8) is 0 Å². The Labute approximate surface area is 215 Å². The number of rotatable bonds is 5. The molecule has 34 heavy (non-hydrogen) atoms. The van der Waals surface area contributed by atoms with Gasteiger partial charge in [-0.2, -0.15) is 6.42 Å². The molecule has 1 aliphatic rings. The van der Waals surface area contributed by atoms with Gasteiger partial charge in [-0.25, -0.2) is 6.54 Å². The molecule has 7 heteroatoms. The number of hydrogen-bond acceptors (Lipinski definition) is 3. The summed E-state index contributed by atoms with van der Waals surface area (Å²) in [5, 5.41) is 10.6. The van der Waals surface area contributed by atoms with Gasteiger partial charge in [0.2, 0.25) is 0 Å². The SMILES string of the molecule is Cc1cc(C)c(N2[CH-]CCC2)c(C)c1.O=[N+]([O-])c1ccc([CH+]c2ccccc2[CH]=[Ru]([Cl])[Cl])cc1. The van der Waals surface area contributed by atoms with E-state index in [0.29, 0.717) is 0 Å². The molecule has 3 aromatic carbocycles. The van der Waals surface area contributed by atoms with Crippen molar-refractivity contribution in [2.24, 2.45) is 0 Å². The molecule has 0 atom stereocenters. The van der Waals surface area contributed by atoms with Gasteiger partial charge in [0.15, 0.2) is 0 Å². The van der Waals surface area contributed by atoms with Gasteiger partial charge in [-0.15, -0.1) is 0 Å². The molecule has 1 aliphatic heterocycles. The van der Waals surface area contributed by atoms with E-state index in [1.54, 1.807) is 12.1 Å². The molecule has 1 heterocycles. The molecule has 0 bridgehead atoms. The molecule has 180 valence electrons. The van der Waals surface area contributed by atoms with E-state index in [-0.39, 0.29) is 5.69 Å². The van der Waals surface area contributed by atoms with Crippen LogP contribution in [0.2, 0.25) is 0 Å². The van der Waals surface area contributed by atoms with Crippen LogP contribution in [0.15, 0.2) is 60.7 Å². The van der Waals surface area contributed by atoms with Crippen LogP contribution in [0, 0.1) is 43.9 Å². The van der Waals surface area contributed by atoms with Gasteiger partial charge in [-0.3, -0.25) is 0 Å². The molecule has 0 N–H and O–H groups in total. The minimum absolute atomic E-state index is 0.0798. The van der Waals surface area contributed by atoms with Gasteiger partial charge in [-0.05, 0) is 38.4 Å². The summed E-state index contributed by atoms with van der Waals surface area (Å²) in [5.41, 5.74) is 8.53. The number of nitro benzene ring substituents is 1. The molecule has 4 nitrogen and oxygen atoms in total. The summed E-state index contributed by atoms with van der Waals surface area (Å²) in [6.07, 6.45) is 4.47. The van der Waals surface area contributed by atoms with Gasteiger partial charge in [0.25, 0.3) is 0 Å². The average Bonchev–Trinajstić information content (AvgIpc) is 3.29.